The van der Waals surface area contributed by atoms with Crippen molar-refractivity contribution in [2.45, 2.75) is 18.9 Å². The maximum absolute atomic E-state index is 13.1. The first kappa shape index (κ1) is 26.0. The molecule has 2 amide bonds. The second-order valence-corrected chi connectivity index (χ2v) is 8.87. The van der Waals surface area contributed by atoms with Gasteiger partial charge in [-0.2, -0.15) is 0 Å². The molecule has 3 N–H and O–H groups in total. The number of likely N-dealkylation sites (tertiary alicyclic amines) is 1. The van der Waals surface area contributed by atoms with Crippen molar-refractivity contribution in [1.29, 1.82) is 5.41 Å². The van der Waals surface area contributed by atoms with Crippen LogP contribution in [0, 0.1) is 11.3 Å². The Morgan fingerprint density at radius 1 is 1.16 bits per heavy atom. The number of rotatable bonds is 9. The predicted molar refractivity (Wildman–Crippen MR) is 132 cm³/mol. The molecule has 0 unspecified atom stereocenters. The second-order valence-electron chi connectivity index (χ2n) is 8.87. The minimum absolute atomic E-state index is 0.0365. The molecular weight excluding hydrogens is 480 g/mol. The van der Waals surface area contributed by atoms with Crippen LogP contribution in [0.3, 0.4) is 0 Å². The number of carbonyl (C=O) groups excluding carboxylic acids is 3. The summed E-state index contributed by atoms with van der Waals surface area (Å²) >= 11 is 0. The average molecular weight is 511 g/mol. The Bertz CT molecular complexity index is 1130. The summed E-state index contributed by atoms with van der Waals surface area (Å²) in [7, 11) is 1.29. The molecule has 0 spiro atoms. The highest BCUT2D eigenvalue weighted by atomic mass is 16.5. The van der Waals surface area contributed by atoms with Gasteiger partial charge in [-0.3, -0.25) is 19.8 Å². The van der Waals surface area contributed by atoms with Gasteiger partial charge in [0.1, 0.15) is 24.7 Å². The topological polar surface area (TPSA) is 161 Å². The summed E-state index contributed by atoms with van der Waals surface area (Å²) < 4.78 is 16.0. The Labute approximate surface area is 214 Å². The van der Waals surface area contributed by atoms with Gasteiger partial charge in [-0.25, -0.2) is 9.97 Å². The molecule has 196 valence electrons. The van der Waals surface area contributed by atoms with Gasteiger partial charge in [0.2, 0.25) is 11.8 Å². The molecule has 37 heavy (non-hydrogen) atoms. The van der Waals surface area contributed by atoms with Crippen molar-refractivity contribution in [1.82, 2.24) is 19.8 Å². The first-order valence-corrected chi connectivity index (χ1v) is 12.0. The van der Waals surface area contributed by atoms with Crippen LogP contribution >= 0.6 is 0 Å². The lowest BCUT2D eigenvalue weighted by molar-refractivity contribution is -0.146. The maximum Gasteiger partial charge on any atom is 0.306 e. The molecule has 1 aromatic carbocycles. The molecule has 2 fully saturated rings. The van der Waals surface area contributed by atoms with Gasteiger partial charge in [0.05, 0.1) is 44.3 Å². The highest BCUT2D eigenvalue weighted by Crippen LogP contribution is 2.29. The molecule has 0 saturated carbocycles. The van der Waals surface area contributed by atoms with E-state index in [0.717, 1.165) is 5.56 Å². The van der Waals surface area contributed by atoms with Crippen LogP contribution in [0.5, 0.6) is 5.75 Å². The summed E-state index contributed by atoms with van der Waals surface area (Å²) in [4.78, 5) is 49.5. The van der Waals surface area contributed by atoms with E-state index in [1.165, 1.54) is 24.4 Å². The molecular formula is C25H30N6O6. The Balaban J connectivity index is 1.41. The fraction of sp³-hybridized carbons (Fsp3) is 0.440. The number of nitrogen functional groups attached to an aromatic ring is 1. The van der Waals surface area contributed by atoms with E-state index in [0.29, 0.717) is 49.9 Å². The van der Waals surface area contributed by atoms with Crippen molar-refractivity contribution < 1.29 is 28.6 Å². The van der Waals surface area contributed by atoms with Gasteiger partial charge in [-0.15, -0.1) is 0 Å². The van der Waals surface area contributed by atoms with E-state index in [2.05, 4.69) is 9.97 Å². The summed E-state index contributed by atoms with van der Waals surface area (Å²) in [5, 5.41) is 7.44. The van der Waals surface area contributed by atoms with Crippen molar-refractivity contribution in [2.75, 3.05) is 46.6 Å². The number of carbonyl (C=O) groups is 3. The van der Waals surface area contributed by atoms with Gasteiger partial charge in [0.25, 0.3) is 0 Å². The zero-order valence-corrected chi connectivity index (χ0v) is 20.6. The van der Waals surface area contributed by atoms with Crippen molar-refractivity contribution in [3.05, 3.63) is 42.2 Å². The van der Waals surface area contributed by atoms with E-state index in [4.69, 9.17) is 25.4 Å². The van der Waals surface area contributed by atoms with Crippen LogP contribution in [-0.2, 0) is 23.9 Å². The minimum atomic E-state index is -0.559. The van der Waals surface area contributed by atoms with E-state index >= 15 is 0 Å². The highest BCUT2D eigenvalue weighted by Gasteiger charge is 2.42. The van der Waals surface area contributed by atoms with Gasteiger partial charge in [0, 0.05) is 31.0 Å². The smallest absolute Gasteiger partial charge is 0.306 e. The lowest BCUT2D eigenvalue weighted by atomic mass is 10.0. The zero-order valence-electron chi connectivity index (χ0n) is 20.6. The fourth-order valence-corrected chi connectivity index (χ4v) is 4.36. The fourth-order valence-electron chi connectivity index (χ4n) is 4.36. The molecule has 2 saturated heterocycles. The normalized spacial score (nSPS) is 19.5. The number of aromatic nitrogens is 2. The Hall–Kier alpha value is -4.06. The largest absolute Gasteiger partial charge is 0.491 e. The monoisotopic (exact) mass is 510 g/mol. The van der Waals surface area contributed by atoms with Crippen LogP contribution in [0.25, 0.3) is 11.4 Å². The Morgan fingerprint density at radius 3 is 2.46 bits per heavy atom. The third kappa shape index (κ3) is 6.39. The quantitative estimate of drug-likeness (QED) is 0.277. The lowest BCUT2D eigenvalue weighted by Gasteiger charge is -2.30. The van der Waals surface area contributed by atoms with E-state index in [1.807, 2.05) is 0 Å². The first-order chi connectivity index (χ1) is 17.9. The number of nitrogens with one attached hydrogen (secondary N) is 1. The molecule has 0 aliphatic carbocycles. The number of amidine groups is 1. The number of benzene rings is 1. The lowest BCUT2D eigenvalue weighted by Crippen LogP contribution is -2.48. The second kappa shape index (κ2) is 11.8. The number of hydrogen-bond donors (Lipinski definition) is 2. The molecule has 0 radical (unpaired) electrons. The molecule has 12 nitrogen and oxygen atoms in total. The number of hydrogen-bond acceptors (Lipinski definition) is 9. The number of amides is 2. The molecule has 2 aliphatic heterocycles. The van der Waals surface area contributed by atoms with Crippen molar-refractivity contribution >= 4 is 23.6 Å². The Kier molecular flexibility index (Phi) is 8.29. The van der Waals surface area contributed by atoms with E-state index < -0.39 is 11.9 Å². The summed E-state index contributed by atoms with van der Waals surface area (Å²) in [6.07, 6.45) is 3.33. The van der Waals surface area contributed by atoms with Crippen LogP contribution in [-0.4, -0.2) is 96.0 Å². The predicted octanol–water partition coefficient (Wildman–Crippen LogP) is 0.445. The summed E-state index contributed by atoms with van der Waals surface area (Å²) in [5.41, 5.74) is 6.64. The van der Waals surface area contributed by atoms with Crippen LogP contribution in [0.15, 0.2) is 36.7 Å². The number of morpholine rings is 1. The zero-order chi connectivity index (χ0) is 26.4. The number of nitrogens with two attached hydrogens (primary N) is 1. The standard InChI is InChI=1S/C25H30N6O6/c1-35-22(33)11-17-10-19(31(25(17)34)14-21(32)30-6-8-36-9-7-30)15-37-20-4-2-16(3-5-20)24-28-12-18(13-29-24)23(26)27/h2-5,12-13,17,19H,6-11,14-15H2,1H3,(H3,26,27)/t17-,19-/m0/s1. The highest BCUT2D eigenvalue weighted by molar-refractivity contribution is 5.94. The maximum atomic E-state index is 13.1. The van der Waals surface area contributed by atoms with Gasteiger partial charge >= 0.3 is 5.97 Å². The number of nitrogens with zero attached hydrogens (tertiary/aromatic N) is 4. The van der Waals surface area contributed by atoms with Gasteiger partial charge in [-0.05, 0) is 30.7 Å². The summed E-state index contributed by atoms with van der Waals surface area (Å²) in [5.74, 6) is -0.466. The van der Waals surface area contributed by atoms with Gasteiger partial charge in [-0.1, -0.05) is 0 Å². The average Bonchev–Trinajstić information content (AvgIpc) is 3.21. The van der Waals surface area contributed by atoms with E-state index in [9.17, 15) is 14.4 Å². The van der Waals surface area contributed by atoms with Crippen LogP contribution in [0.1, 0.15) is 18.4 Å². The minimum Gasteiger partial charge on any atom is -0.491 e. The van der Waals surface area contributed by atoms with Gasteiger partial charge in [0.15, 0.2) is 5.82 Å². The molecule has 2 aliphatic rings. The molecule has 4 rings (SSSR count). The number of methoxy groups -OCH3 is 1. The molecule has 3 heterocycles. The molecule has 0 bridgehead atoms. The Morgan fingerprint density at radius 2 is 1.84 bits per heavy atom. The SMILES string of the molecule is COC(=O)C[C@@H]1C[C@@H](COc2ccc(-c3ncc(C(=N)N)cn3)cc2)N(CC(=O)N2CCOCC2)C1=O. The number of esters is 1. The molecule has 2 aromatic rings. The first-order valence-electron chi connectivity index (χ1n) is 12.0. The van der Waals surface area contributed by atoms with E-state index in [1.54, 1.807) is 29.2 Å². The molecule has 12 heteroatoms. The summed E-state index contributed by atoms with van der Waals surface area (Å²) in [6.45, 7) is 2.01. The van der Waals surface area contributed by atoms with Crippen LogP contribution in [0.4, 0.5) is 0 Å². The van der Waals surface area contributed by atoms with Crippen LogP contribution < -0.4 is 10.5 Å². The third-order valence-electron chi connectivity index (χ3n) is 6.46. The number of ether oxygens (including phenoxy) is 3. The third-order valence-corrected chi connectivity index (χ3v) is 6.46. The molecule has 1 aromatic heterocycles. The van der Waals surface area contributed by atoms with Crippen molar-refractivity contribution in [2.24, 2.45) is 11.7 Å². The van der Waals surface area contributed by atoms with E-state index in [-0.39, 0.29) is 43.3 Å². The van der Waals surface area contributed by atoms with Crippen molar-refractivity contribution in [3.63, 3.8) is 0 Å². The molecule has 2 atom stereocenters. The van der Waals surface area contributed by atoms with Gasteiger partial charge < -0.3 is 29.7 Å². The van der Waals surface area contributed by atoms with Crippen LogP contribution in [0.2, 0.25) is 0 Å². The summed E-state index contributed by atoms with van der Waals surface area (Å²) in [6, 6.07) is 6.77. The van der Waals surface area contributed by atoms with Crippen molar-refractivity contribution in [3.8, 4) is 17.1 Å².